The van der Waals surface area contributed by atoms with Crippen molar-refractivity contribution in [1.29, 1.82) is 0 Å². The van der Waals surface area contributed by atoms with Gasteiger partial charge in [-0.05, 0) is 57.0 Å². The molecule has 0 unspecified atom stereocenters. The van der Waals surface area contributed by atoms with Crippen LogP contribution in [0, 0.1) is 0 Å². The molecule has 4 aromatic carbocycles. The summed E-state index contributed by atoms with van der Waals surface area (Å²) in [6, 6.07) is 28.6. The van der Waals surface area contributed by atoms with Crippen molar-refractivity contribution in [3.8, 4) is 17.2 Å². The Kier molecular flexibility index (Phi) is 7.25. The number of rotatable bonds is 9. The van der Waals surface area contributed by atoms with Gasteiger partial charge in [0.05, 0.1) is 10.2 Å². The van der Waals surface area contributed by atoms with Gasteiger partial charge in [-0.25, -0.2) is 0 Å². The Labute approximate surface area is 195 Å². The summed E-state index contributed by atoms with van der Waals surface area (Å²) in [5.41, 5.74) is 0.582. The third kappa shape index (κ3) is 5.59. The van der Waals surface area contributed by atoms with Crippen LogP contribution in [0.1, 0.15) is 0 Å². The van der Waals surface area contributed by atoms with Gasteiger partial charge in [0.25, 0.3) is 5.91 Å². The second kappa shape index (κ2) is 10.7. The molecule has 0 aliphatic rings. The highest BCUT2D eigenvalue weighted by Crippen LogP contribution is 2.33. The van der Waals surface area contributed by atoms with E-state index in [1.807, 2.05) is 78.9 Å². The summed E-state index contributed by atoms with van der Waals surface area (Å²) in [5, 5.41) is 4.98. The van der Waals surface area contributed by atoms with E-state index < -0.39 is 0 Å². The number of fused-ring (bicyclic) bond motifs is 1. The molecule has 0 saturated carbocycles. The monoisotopic (exact) mass is 491 g/mol. The molecular weight excluding hydrogens is 470 g/mol. The molecule has 0 fully saturated rings. The molecule has 1 amide bonds. The Morgan fingerprint density at radius 2 is 1.44 bits per heavy atom. The molecule has 0 aromatic heterocycles. The van der Waals surface area contributed by atoms with Crippen molar-refractivity contribution in [3.63, 3.8) is 0 Å². The van der Waals surface area contributed by atoms with Crippen molar-refractivity contribution < 1.29 is 19.0 Å². The zero-order valence-corrected chi connectivity index (χ0v) is 18.9. The van der Waals surface area contributed by atoms with E-state index in [1.54, 1.807) is 12.1 Å². The highest BCUT2D eigenvalue weighted by molar-refractivity contribution is 9.10. The first-order chi connectivity index (χ1) is 15.7. The number of halogens is 1. The van der Waals surface area contributed by atoms with Crippen LogP contribution in [0.2, 0.25) is 0 Å². The van der Waals surface area contributed by atoms with Gasteiger partial charge in [0.2, 0.25) is 0 Å². The minimum Gasteiger partial charge on any atom is -0.490 e. The van der Waals surface area contributed by atoms with Crippen molar-refractivity contribution in [2.75, 3.05) is 25.1 Å². The fourth-order valence-electron chi connectivity index (χ4n) is 3.18. The predicted octanol–water partition coefficient (Wildman–Crippen LogP) is 6.08. The smallest absolute Gasteiger partial charge is 0.262 e. The summed E-state index contributed by atoms with van der Waals surface area (Å²) in [7, 11) is 0. The third-order valence-corrected chi connectivity index (χ3v) is 5.52. The SMILES string of the molecule is O=C(COc1ccc2ccccc2c1Br)Nc1ccccc1OCCOc1ccccc1. The molecule has 0 bridgehead atoms. The maximum Gasteiger partial charge on any atom is 0.262 e. The number of nitrogens with one attached hydrogen (secondary N) is 1. The van der Waals surface area contributed by atoms with Crippen LogP contribution >= 0.6 is 15.9 Å². The fraction of sp³-hybridized carbons (Fsp3) is 0.115. The first-order valence-electron chi connectivity index (χ1n) is 10.2. The molecule has 4 rings (SSSR count). The minimum atomic E-state index is -0.276. The van der Waals surface area contributed by atoms with E-state index in [1.165, 1.54) is 0 Å². The topological polar surface area (TPSA) is 56.8 Å². The molecule has 0 aliphatic heterocycles. The minimum absolute atomic E-state index is 0.123. The molecular formula is C26H22BrNO4. The highest BCUT2D eigenvalue weighted by Gasteiger charge is 2.11. The van der Waals surface area contributed by atoms with Crippen LogP contribution < -0.4 is 19.5 Å². The lowest BCUT2D eigenvalue weighted by molar-refractivity contribution is -0.118. The van der Waals surface area contributed by atoms with Gasteiger partial charge in [0.15, 0.2) is 6.61 Å². The Hall–Kier alpha value is -3.51. The van der Waals surface area contributed by atoms with Crippen LogP contribution in [0.5, 0.6) is 17.2 Å². The van der Waals surface area contributed by atoms with E-state index in [4.69, 9.17) is 14.2 Å². The molecule has 162 valence electrons. The largest absolute Gasteiger partial charge is 0.490 e. The first kappa shape index (κ1) is 21.7. The lowest BCUT2D eigenvalue weighted by Gasteiger charge is -2.14. The van der Waals surface area contributed by atoms with Crippen molar-refractivity contribution in [2.24, 2.45) is 0 Å². The molecule has 6 heteroatoms. The summed E-state index contributed by atoms with van der Waals surface area (Å²) in [5.74, 6) is 1.70. The van der Waals surface area contributed by atoms with E-state index in [2.05, 4.69) is 21.2 Å². The van der Waals surface area contributed by atoms with Gasteiger partial charge in [-0.3, -0.25) is 4.79 Å². The van der Waals surface area contributed by atoms with E-state index in [9.17, 15) is 4.79 Å². The van der Waals surface area contributed by atoms with Crippen LogP contribution in [-0.4, -0.2) is 25.7 Å². The predicted molar refractivity (Wildman–Crippen MR) is 130 cm³/mol. The summed E-state index contributed by atoms with van der Waals surface area (Å²) >= 11 is 3.57. The number of ether oxygens (including phenoxy) is 3. The van der Waals surface area contributed by atoms with Crippen LogP contribution in [0.3, 0.4) is 0 Å². The maximum absolute atomic E-state index is 12.5. The molecule has 0 heterocycles. The van der Waals surface area contributed by atoms with Crippen molar-refractivity contribution in [2.45, 2.75) is 0 Å². The Morgan fingerprint density at radius 3 is 2.31 bits per heavy atom. The fourth-order valence-corrected chi connectivity index (χ4v) is 3.79. The molecule has 32 heavy (non-hydrogen) atoms. The number of amides is 1. The normalized spacial score (nSPS) is 10.5. The second-order valence-electron chi connectivity index (χ2n) is 6.94. The zero-order chi connectivity index (χ0) is 22.2. The Bertz CT molecular complexity index is 1200. The number of benzene rings is 4. The number of carbonyl (C=O) groups is 1. The lowest BCUT2D eigenvalue weighted by Crippen LogP contribution is -2.21. The number of hydrogen-bond acceptors (Lipinski definition) is 4. The molecule has 0 radical (unpaired) electrons. The highest BCUT2D eigenvalue weighted by atomic mass is 79.9. The Morgan fingerprint density at radius 1 is 0.719 bits per heavy atom. The van der Waals surface area contributed by atoms with Gasteiger partial charge in [0, 0.05) is 0 Å². The molecule has 0 saturated heterocycles. The standard InChI is InChI=1S/C26H22BrNO4/c27-26-21-11-5-4-8-19(21)14-15-24(26)32-18-25(29)28-22-12-6-7-13-23(22)31-17-16-30-20-9-2-1-3-10-20/h1-15H,16-18H2,(H,28,29). The van der Waals surface area contributed by atoms with Gasteiger partial charge in [-0.1, -0.05) is 60.7 Å². The van der Waals surface area contributed by atoms with Crippen LogP contribution in [0.25, 0.3) is 10.8 Å². The number of carbonyl (C=O) groups excluding carboxylic acids is 1. The lowest BCUT2D eigenvalue weighted by atomic mass is 10.1. The third-order valence-electron chi connectivity index (χ3n) is 4.70. The number of anilines is 1. The molecule has 0 spiro atoms. The zero-order valence-electron chi connectivity index (χ0n) is 17.3. The van der Waals surface area contributed by atoms with Crippen molar-refractivity contribution in [1.82, 2.24) is 0 Å². The molecule has 4 aromatic rings. The van der Waals surface area contributed by atoms with Gasteiger partial charge < -0.3 is 19.5 Å². The molecule has 5 nitrogen and oxygen atoms in total. The van der Waals surface area contributed by atoms with Crippen molar-refractivity contribution >= 4 is 38.3 Å². The number of hydrogen-bond donors (Lipinski definition) is 1. The summed E-state index contributed by atoms with van der Waals surface area (Å²) in [6.45, 7) is 0.621. The average Bonchev–Trinajstić information content (AvgIpc) is 2.83. The Balaban J connectivity index is 1.31. The van der Waals surface area contributed by atoms with Crippen molar-refractivity contribution in [3.05, 3.63) is 95.5 Å². The summed E-state index contributed by atoms with van der Waals surface area (Å²) in [6.07, 6.45) is 0. The van der Waals surface area contributed by atoms with Gasteiger partial charge in [-0.15, -0.1) is 0 Å². The van der Waals surface area contributed by atoms with E-state index in [0.29, 0.717) is 30.4 Å². The van der Waals surface area contributed by atoms with E-state index in [-0.39, 0.29) is 12.5 Å². The van der Waals surface area contributed by atoms with Gasteiger partial charge in [0.1, 0.15) is 30.5 Å². The van der Waals surface area contributed by atoms with Crippen LogP contribution in [-0.2, 0) is 4.79 Å². The summed E-state index contributed by atoms with van der Waals surface area (Å²) in [4.78, 5) is 12.5. The van der Waals surface area contributed by atoms with E-state index >= 15 is 0 Å². The maximum atomic E-state index is 12.5. The quantitative estimate of drug-likeness (QED) is 0.288. The van der Waals surface area contributed by atoms with Gasteiger partial charge in [-0.2, -0.15) is 0 Å². The average molecular weight is 492 g/mol. The van der Waals surface area contributed by atoms with Crippen LogP contribution in [0.4, 0.5) is 5.69 Å². The first-order valence-corrected chi connectivity index (χ1v) is 11.0. The molecule has 1 N–H and O–H groups in total. The van der Waals surface area contributed by atoms with E-state index in [0.717, 1.165) is 21.0 Å². The second-order valence-corrected chi connectivity index (χ2v) is 7.73. The van der Waals surface area contributed by atoms with Crippen LogP contribution in [0.15, 0.2) is 95.5 Å². The molecule has 0 aliphatic carbocycles. The van der Waals surface area contributed by atoms with Gasteiger partial charge >= 0.3 is 0 Å². The summed E-state index contributed by atoms with van der Waals surface area (Å²) < 4.78 is 18.0. The molecule has 0 atom stereocenters. The number of para-hydroxylation sites is 3.